The molecule has 7 atom stereocenters. The van der Waals surface area contributed by atoms with Crippen LogP contribution in [0, 0.1) is 11.8 Å². The summed E-state index contributed by atoms with van der Waals surface area (Å²) in [5, 5.41) is 22.4. The lowest BCUT2D eigenvalue weighted by Gasteiger charge is -2.49. The van der Waals surface area contributed by atoms with Crippen molar-refractivity contribution in [2.45, 2.75) is 49.0 Å². The van der Waals surface area contributed by atoms with Crippen molar-refractivity contribution in [3.05, 3.63) is 29.8 Å². The highest BCUT2D eigenvalue weighted by molar-refractivity contribution is 6.07. The normalized spacial score (nSPS) is 42.9. The number of benzene rings is 1. The van der Waals surface area contributed by atoms with Gasteiger partial charge >= 0.3 is 0 Å². The van der Waals surface area contributed by atoms with Gasteiger partial charge in [-0.05, 0) is 44.4 Å². The van der Waals surface area contributed by atoms with Crippen LogP contribution in [-0.4, -0.2) is 72.2 Å². The molecule has 4 bridgehead atoms. The predicted octanol–water partition coefficient (Wildman–Crippen LogP) is 0.683. The van der Waals surface area contributed by atoms with Crippen LogP contribution in [0.25, 0.3) is 0 Å². The minimum atomic E-state index is -0.796. The van der Waals surface area contributed by atoms with E-state index in [1.54, 1.807) is 6.92 Å². The van der Waals surface area contributed by atoms with Crippen LogP contribution in [0.4, 0.5) is 5.69 Å². The van der Waals surface area contributed by atoms with Crippen LogP contribution < -0.4 is 5.06 Å². The molecule has 3 saturated heterocycles. The number of carbonyl (C=O) groups is 1. The standard InChI is InChI=1S/C21H28N2O5/c1-12(25)21(11-24)15-8-18-20(9-17(22(21)2)13(15)10-28-18)14-6-4-5-7-16(14)23(27-3)19(20)26/h4-7,12-13,15,17-18,24-25H,8-11H2,1-3H3. The molecule has 5 aliphatic rings. The number of hydroxylamine groups is 1. The number of fused-ring (bicyclic) bond motifs is 2. The molecule has 6 rings (SSSR count). The first-order valence-electron chi connectivity index (χ1n) is 10.0. The van der Waals surface area contributed by atoms with E-state index in [9.17, 15) is 15.0 Å². The number of ether oxygens (including phenoxy) is 1. The fourth-order valence-electron chi connectivity index (χ4n) is 6.81. The maximum Gasteiger partial charge on any atom is 0.264 e. The Hall–Kier alpha value is -1.51. The molecule has 1 spiro atoms. The molecule has 4 fully saturated rings. The minimum absolute atomic E-state index is 0.0352. The molecule has 1 saturated carbocycles. The Kier molecular flexibility index (Phi) is 3.97. The monoisotopic (exact) mass is 388 g/mol. The zero-order chi connectivity index (χ0) is 19.8. The second kappa shape index (κ2) is 6.00. The SMILES string of the molecule is CON1C(=O)C2(CC3C4COC2CC4C(CO)(C(C)O)N3C)c2ccccc21. The molecule has 1 aliphatic carbocycles. The number of rotatable bonds is 3. The lowest BCUT2D eigenvalue weighted by atomic mass is 9.68. The van der Waals surface area contributed by atoms with Crippen molar-refractivity contribution in [1.82, 2.24) is 4.90 Å². The zero-order valence-corrected chi connectivity index (χ0v) is 16.5. The van der Waals surface area contributed by atoms with E-state index < -0.39 is 17.1 Å². The number of likely N-dealkylation sites (tertiary alicyclic amines) is 1. The number of hydrogen-bond acceptors (Lipinski definition) is 6. The molecule has 2 N–H and O–H groups in total. The van der Waals surface area contributed by atoms with Gasteiger partial charge in [0.05, 0.1) is 43.8 Å². The van der Waals surface area contributed by atoms with Crippen molar-refractivity contribution in [3.8, 4) is 0 Å². The molecular formula is C21H28N2O5. The Morgan fingerprint density at radius 1 is 1.39 bits per heavy atom. The van der Waals surface area contributed by atoms with Gasteiger partial charge in [0.1, 0.15) is 5.41 Å². The minimum Gasteiger partial charge on any atom is -0.394 e. The van der Waals surface area contributed by atoms with Gasteiger partial charge < -0.3 is 14.9 Å². The molecule has 7 nitrogen and oxygen atoms in total. The van der Waals surface area contributed by atoms with Gasteiger partial charge in [0.15, 0.2) is 0 Å². The summed E-state index contributed by atoms with van der Waals surface area (Å²) in [4.78, 5) is 21.3. The molecule has 1 amide bonds. The summed E-state index contributed by atoms with van der Waals surface area (Å²) in [7, 11) is 3.49. The highest BCUT2D eigenvalue weighted by Gasteiger charge is 2.70. The third-order valence-electron chi connectivity index (χ3n) is 8.17. The molecule has 7 unspecified atom stereocenters. The number of aliphatic hydroxyl groups excluding tert-OH is 2. The quantitative estimate of drug-likeness (QED) is 0.793. The molecule has 1 aromatic carbocycles. The van der Waals surface area contributed by atoms with Crippen molar-refractivity contribution in [2.75, 3.05) is 32.4 Å². The highest BCUT2D eigenvalue weighted by Crippen LogP contribution is 2.60. The topological polar surface area (TPSA) is 82.5 Å². The van der Waals surface area contributed by atoms with Crippen molar-refractivity contribution >= 4 is 11.6 Å². The summed E-state index contributed by atoms with van der Waals surface area (Å²) in [5.74, 6) is 0.176. The molecule has 4 aliphatic heterocycles. The van der Waals surface area contributed by atoms with Crippen LogP contribution in [0.3, 0.4) is 0 Å². The van der Waals surface area contributed by atoms with Crippen LogP contribution in [0.1, 0.15) is 25.3 Å². The van der Waals surface area contributed by atoms with Crippen LogP contribution >= 0.6 is 0 Å². The van der Waals surface area contributed by atoms with Crippen LogP contribution in [0.15, 0.2) is 24.3 Å². The molecule has 152 valence electrons. The van der Waals surface area contributed by atoms with E-state index in [1.807, 2.05) is 31.3 Å². The van der Waals surface area contributed by atoms with E-state index in [-0.39, 0.29) is 36.5 Å². The predicted molar refractivity (Wildman–Crippen MR) is 102 cm³/mol. The van der Waals surface area contributed by atoms with Crippen LogP contribution in [0.2, 0.25) is 0 Å². The van der Waals surface area contributed by atoms with Gasteiger partial charge in [-0.25, -0.2) is 0 Å². The van der Waals surface area contributed by atoms with Crippen molar-refractivity contribution < 1.29 is 24.6 Å². The number of amides is 1. The van der Waals surface area contributed by atoms with Crippen molar-refractivity contribution in [3.63, 3.8) is 0 Å². The number of aliphatic hydroxyl groups is 2. The zero-order valence-electron chi connectivity index (χ0n) is 16.5. The van der Waals surface area contributed by atoms with Gasteiger partial charge in [0, 0.05) is 12.0 Å². The van der Waals surface area contributed by atoms with Gasteiger partial charge in [-0.15, -0.1) is 0 Å². The average molecular weight is 388 g/mol. The van der Waals surface area contributed by atoms with E-state index >= 15 is 0 Å². The Bertz CT molecular complexity index is 816. The van der Waals surface area contributed by atoms with Crippen LogP contribution in [0.5, 0.6) is 0 Å². The first kappa shape index (κ1) is 18.5. The van der Waals surface area contributed by atoms with Gasteiger partial charge in [-0.1, -0.05) is 18.2 Å². The third kappa shape index (κ3) is 1.89. The average Bonchev–Trinajstić information content (AvgIpc) is 2.92. The molecule has 0 radical (unpaired) electrons. The van der Waals surface area contributed by atoms with Gasteiger partial charge in [-0.2, -0.15) is 5.06 Å². The summed E-state index contributed by atoms with van der Waals surface area (Å²) in [6.07, 6.45) is 0.259. The second-order valence-electron chi connectivity index (χ2n) is 8.81. The molecule has 1 aromatic rings. The number of hydrogen-bond donors (Lipinski definition) is 2. The first-order valence-corrected chi connectivity index (χ1v) is 10.0. The fraction of sp³-hybridized carbons (Fsp3) is 0.667. The Labute approximate surface area is 164 Å². The largest absolute Gasteiger partial charge is 0.394 e. The van der Waals surface area contributed by atoms with Crippen molar-refractivity contribution in [1.29, 1.82) is 0 Å². The Balaban J connectivity index is 1.67. The Morgan fingerprint density at radius 3 is 2.82 bits per heavy atom. The third-order valence-corrected chi connectivity index (χ3v) is 8.17. The van der Waals surface area contributed by atoms with E-state index in [0.29, 0.717) is 19.4 Å². The van der Waals surface area contributed by atoms with Gasteiger partial charge in [0.2, 0.25) is 0 Å². The number of likely N-dealkylation sites (N-methyl/N-ethyl adjacent to an activating group) is 1. The van der Waals surface area contributed by atoms with Crippen LogP contribution in [-0.2, 0) is 19.8 Å². The molecule has 7 heteroatoms. The first-order chi connectivity index (χ1) is 13.4. The molecular weight excluding hydrogens is 360 g/mol. The van der Waals surface area contributed by atoms with Gasteiger partial charge in [0.25, 0.3) is 5.91 Å². The lowest BCUT2D eigenvalue weighted by Crippen LogP contribution is -2.63. The summed E-state index contributed by atoms with van der Waals surface area (Å²) in [6.45, 7) is 2.20. The fourth-order valence-corrected chi connectivity index (χ4v) is 6.81. The van der Waals surface area contributed by atoms with E-state index in [0.717, 1.165) is 11.3 Å². The van der Waals surface area contributed by atoms with E-state index in [2.05, 4.69) is 4.90 Å². The number of carbonyl (C=O) groups excluding carboxylic acids is 1. The molecule has 0 aromatic heterocycles. The molecule has 28 heavy (non-hydrogen) atoms. The Morgan fingerprint density at radius 2 is 2.14 bits per heavy atom. The smallest absolute Gasteiger partial charge is 0.264 e. The second-order valence-corrected chi connectivity index (χ2v) is 8.81. The lowest BCUT2D eigenvalue weighted by molar-refractivity contribution is -0.145. The molecule has 4 heterocycles. The number of nitrogens with zero attached hydrogens (tertiary/aromatic N) is 2. The highest BCUT2D eigenvalue weighted by atomic mass is 16.7. The summed E-state index contributed by atoms with van der Waals surface area (Å²) in [6, 6.07) is 7.83. The number of anilines is 1. The number of para-hydroxylation sites is 1. The summed E-state index contributed by atoms with van der Waals surface area (Å²) < 4.78 is 6.31. The maximum atomic E-state index is 13.7. The van der Waals surface area contributed by atoms with Crippen molar-refractivity contribution in [2.24, 2.45) is 11.8 Å². The van der Waals surface area contributed by atoms with E-state index in [4.69, 9.17) is 9.57 Å². The van der Waals surface area contributed by atoms with E-state index in [1.165, 1.54) is 12.2 Å². The van der Waals surface area contributed by atoms with Gasteiger partial charge in [-0.3, -0.25) is 14.5 Å². The summed E-state index contributed by atoms with van der Waals surface area (Å²) >= 11 is 0. The summed E-state index contributed by atoms with van der Waals surface area (Å²) in [5.41, 5.74) is 0.252. The maximum absolute atomic E-state index is 13.7.